The molecule has 2 amide bonds. The second-order valence-electron chi connectivity index (χ2n) is 6.55. The zero-order valence-corrected chi connectivity index (χ0v) is 17.1. The summed E-state index contributed by atoms with van der Waals surface area (Å²) in [4.78, 5) is 24.0. The van der Waals surface area contributed by atoms with E-state index >= 15 is 0 Å². The standard InChI is InChI=1S/C23H21N3O3S/c24-14-17-4-1-5-18(12-17)15-29-21-7-2-6-20(13-21)26-22(27)8-3-10-25-23(28)19-9-11-30-16-19/h1-2,4-7,9,11-13,16H,3,8,10,15H2,(H,25,28)(H,26,27). The molecule has 0 saturated heterocycles. The van der Waals surface area contributed by atoms with Crippen molar-refractivity contribution in [1.29, 1.82) is 5.26 Å². The molecule has 3 rings (SSSR count). The first kappa shape index (κ1) is 21.1. The smallest absolute Gasteiger partial charge is 0.252 e. The van der Waals surface area contributed by atoms with Crippen LogP contribution in [0.3, 0.4) is 0 Å². The number of hydrogen-bond acceptors (Lipinski definition) is 5. The van der Waals surface area contributed by atoms with Gasteiger partial charge in [0.25, 0.3) is 5.91 Å². The first-order valence-corrected chi connectivity index (χ1v) is 10.4. The summed E-state index contributed by atoms with van der Waals surface area (Å²) in [7, 11) is 0. The Morgan fingerprint density at radius 3 is 2.77 bits per heavy atom. The lowest BCUT2D eigenvalue weighted by atomic mass is 10.1. The highest BCUT2D eigenvalue weighted by Crippen LogP contribution is 2.19. The fourth-order valence-electron chi connectivity index (χ4n) is 2.73. The minimum atomic E-state index is -0.126. The molecule has 2 N–H and O–H groups in total. The van der Waals surface area contributed by atoms with Crippen molar-refractivity contribution in [3.05, 3.63) is 82.0 Å². The molecule has 2 aromatic carbocycles. The molecule has 0 bridgehead atoms. The molecule has 0 aliphatic heterocycles. The lowest BCUT2D eigenvalue weighted by molar-refractivity contribution is -0.116. The van der Waals surface area contributed by atoms with Gasteiger partial charge in [0.1, 0.15) is 12.4 Å². The van der Waals surface area contributed by atoms with Crippen LogP contribution in [0, 0.1) is 11.3 Å². The number of carbonyl (C=O) groups excluding carboxylic acids is 2. The van der Waals surface area contributed by atoms with Gasteiger partial charge < -0.3 is 15.4 Å². The molecule has 0 atom stereocenters. The summed E-state index contributed by atoms with van der Waals surface area (Å²) in [5, 5.41) is 18.2. The maximum absolute atomic E-state index is 12.2. The quantitative estimate of drug-likeness (QED) is 0.505. The van der Waals surface area contributed by atoms with E-state index in [-0.39, 0.29) is 11.8 Å². The summed E-state index contributed by atoms with van der Waals surface area (Å²) < 4.78 is 5.77. The van der Waals surface area contributed by atoms with Crippen LogP contribution in [-0.4, -0.2) is 18.4 Å². The number of rotatable bonds is 9. The van der Waals surface area contributed by atoms with Crippen LogP contribution < -0.4 is 15.4 Å². The maximum atomic E-state index is 12.2. The van der Waals surface area contributed by atoms with Crippen LogP contribution in [0.1, 0.15) is 34.3 Å². The van der Waals surface area contributed by atoms with Gasteiger partial charge in [-0.3, -0.25) is 9.59 Å². The van der Waals surface area contributed by atoms with E-state index in [0.29, 0.717) is 48.6 Å². The van der Waals surface area contributed by atoms with Crippen LogP contribution in [-0.2, 0) is 11.4 Å². The van der Waals surface area contributed by atoms with Gasteiger partial charge in [-0.1, -0.05) is 18.2 Å². The third-order valence-electron chi connectivity index (χ3n) is 4.23. The highest BCUT2D eigenvalue weighted by molar-refractivity contribution is 7.08. The monoisotopic (exact) mass is 419 g/mol. The fraction of sp³-hybridized carbons (Fsp3) is 0.174. The Morgan fingerprint density at radius 1 is 1.10 bits per heavy atom. The molecule has 3 aromatic rings. The van der Waals surface area contributed by atoms with Gasteiger partial charge >= 0.3 is 0 Å². The maximum Gasteiger partial charge on any atom is 0.252 e. The minimum absolute atomic E-state index is 0.123. The number of nitrogens with one attached hydrogen (secondary N) is 2. The number of benzene rings is 2. The molecule has 0 fully saturated rings. The van der Waals surface area contributed by atoms with Crippen LogP contribution in [0.2, 0.25) is 0 Å². The fourth-order valence-corrected chi connectivity index (χ4v) is 3.37. The summed E-state index contributed by atoms with van der Waals surface area (Å²) in [5.41, 5.74) is 2.77. The highest BCUT2D eigenvalue weighted by atomic mass is 32.1. The normalized spacial score (nSPS) is 10.1. The van der Waals surface area contributed by atoms with Crippen molar-refractivity contribution in [2.75, 3.05) is 11.9 Å². The number of carbonyl (C=O) groups is 2. The molecule has 0 aliphatic rings. The van der Waals surface area contributed by atoms with Crippen molar-refractivity contribution in [3.8, 4) is 11.8 Å². The topological polar surface area (TPSA) is 91.2 Å². The Morgan fingerprint density at radius 2 is 1.97 bits per heavy atom. The van der Waals surface area contributed by atoms with E-state index in [4.69, 9.17) is 10.00 Å². The van der Waals surface area contributed by atoms with E-state index < -0.39 is 0 Å². The van der Waals surface area contributed by atoms with Gasteiger partial charge in [-0.15, -0.1) is 0 Å². The Labute approximate surface area is 179 Å². The lowest BCUT2D eigenvalue weighted by Gasteiger charge is -2.10. The number of nitriles is 1. The number of hydrogen-bond donors (Lipinski definition) is 2. The van der Waals surface area contributed by atoms with Gasteiger partial charge in [0, 0.05) is 35.7 Å². The minimum Gasteiger partial charge on any atom is -0.489 e. The van der Waals surface area contributed by atoms with E-state index in [0.717, 1.165) is 5.56 Å². The number of thiophene rings is 1. The Kier molecular flexibility index (Phi) is 7.58. The third-order valence-corrected chi connectivity index (χ3v) is 4.91. The zero-order valence-electron chi connectivity index (χ0n) is 16.3. The van der Waals surface area contributed by atoms with E-state index in [2.05, 4.69) is 16.7 Å². The molecule has 7 heteroatoms. The predicted octanol–water partition coefficient (Wildman–Crippen LogP) is 4.35. The van der Waals surface area contributed by atoms with Crippen LogP contribution in [0.15, 0.2) is 65.4 Å². The summed E-state index contributed by atoms with van der Waals surface area (Å²) >= 11 is 1.47. The second kappa shape index (κ2) is 10.8. The molecule has 30 heavy (non-hydrogen) atoms. The lowest BCUT2D eigenvalue weighted by Crippen LogP contribution is -2.25. The average molecular weight is 420 g/mol. The molecule has 0 aliphatic carbocycles. The SMILES string of the molecule is N#Cc1cccc(COc2cccc(NC(=O)CCCNC(=O)c3ccsc3)c2)c1. The third kappa shape index (κ3) is 6.47. The summed E-state index contributed by atoms with van der Waals surface area (Å²) in [5.74, 6) is 0.374. The number of nitrogens with zero attached hydrogens (tertiary/aromatic N) is 1. The van der Waals surface area contributed by atoms with E-state index in [1.165, 1.54) is 11.3 Å². The average Bonchev–Trinajstić information content (AvgIpc) is 3.31. The molecule has 1 aromatic heterocycles. The van der Waals surface area contributed by atoms with Crippen LogP contribution in [0.5, 0.6) is 5.75 Å². The van der Waals surface area contributed by atoms with E-state index in [9.17, 15) is 9.59 Å². The van der Waals surface area contributed by atoms with Gasteiger partial charge in [-0.25, -0.2) is 0 Å². The zero-order chi connectivity index (χ0) is 21.2. The first-order chi connectivity index (χ1) is 14.6. The molecule has 6 nitrogen and oxygen atoms in total. The molecule has 0 saturated carbocycles. The van der Waals surface area contributed by atoms with Crippen LogP contribution in [0.25, 0.3) is 0 Å². The number of ether oxygens (including phenoxy) is 1. The first-order valence-electron chi connectivity index (χ1n) is 9.46. The van der Waals surface area contributed by atoms with Gasteiger partial charge in [0.05, 0.1) is 11.6 Å². The van der Waals surface area contributed by atoms with Crippen molar-refractivity contribution < 1.29 is 14.3 Å². The Bertz CT molecular complexity index is 1040. The Hall–Kier alpha value is -3.63. The molecular formula is C23H21N3O3S. The second-order valence-corrected chi connectivity index (χ2v) is 7.33. The van der Waals surface area contributed by atoms with Gasteiger partial charge in [-0.2, -0.15) is 16.6 Å². The van der Waals surface area contributed by atoms with Gasteiger partial charge in [0.2, 0.25) is 5.91 Å². The molecule has 152 valence electrons. The van der Waals surface area contributed by atoms with Crippen molar-refractivity contribution >= 4 is 28.8 Å². The van der Waals surface area contributed by atoms with Crippen LogP contribution in [0.4, 0.5) is 5.69 Å². The largest absolute Gasteiger partial charge is 0.489 e. The predicted molar refractivity (Wildman–Crippen MR) is 116 cm³/mol. The van der Waals surface area contributed by atoms with Gasteiger partial charge in [0.15, 0.2) is 0 Å². The summed E-state index contributed by atoms with van der Waals surface area (Å²) in [6, 6.07) is 18.3. The molecule has 1 heterocycles. The summed E-state index contributed by atoms with van der Waals surface area (Å²) in [6.07, 6.45) is 0.850. The molecule has 0 spiro atoms. The van der Waals surface area contributed by atoms with Crippen LogP contribution >= 0.6 is 11.3 Å². The van der Waals surface area contributed by atoms with Gasteiger partial charge in [-0.05, 0) is 47.7 Å². The molecule has 0 radical (unpaired) electrons. The number of anilines is 1. The Balaban J connectivity index is 1.42. The van der Waals surface area contributed by atoms with Crippen molar-refractivity contribution in [2.24, 2.45) is 0 Å². The van der Waals surface area contributed by atoms with Crippen molar-refractivity contribution in [2.45, 2.75) is 19.4 Å². The molecular weight excluding hydrogens is 398 g/mol. The van der Waals surface area contributed by atoms with Crippen molar-refractivity contribution in [3.63, 3.8) is 0 Å². The highest BCUT2D eigenvalue weighted by Gasteiger charge is 2.07. The molecule has 0 unspecified atom stereocenters. The van der Waals surface area contributed by atoms with E-state index in [1.54, 1.807) is 41.8 Å². The summed E-state index contributed by atoms with van der Waals surface area (Å²) in [6.45, 7) is 0.768. The number of amides is 2. The van der Waals surface area contributed by atoms with E-state index in [1.807, 2.05) is 23.6 Å². The van der Waals surface area contributed by atoms with Crippen molar-refractivity contribution in [1.82, 2.24) is 5.32 Å².